The molecule has 2 aliphatic heterocycles. The molecule has 0 bridgehead atoms. The molecular formula is C24H36N6O. The summed E-state index contributed by atoms with van der Waals surface area (Å²) in [5.41, 5.74) is 1.23. The van der Waals surface area contributed by atoms with E-state index in [4.69, 9.17) is 9.73 Å². The van der Waals surface area contributed by atoms with Gasteiger partial charge < -0.3 is 19.5 Å². The lowest BCUT2D eigenvalue weighted by molar-refractivity contribution is 0.0907. The van der Waals surface area contributed by atoms with E-state index < -0.39 is 0 Å². The minimum absolute atomic E-state index is 0.555. The molecule has 1 saturated heterocycles. The number of guanidine groups is 1. The zero-order chi connectivity index (χ0) is 21.3. The molecule has 0 aliphatic carbocycles. The van der Waals surface area contributed by atoms with Crippen LogP contribution >= 0.6 is 0 Å². The molecule has 1 fully saturated rings. The predicted molar refractivity (Wildman–Crippen MR) is 123 cm³/mol. The Morgan fingerprint density at radius 3 is 2.94 bits per heavy atom. The summed E-state index contributed by atoms with van der Waals surface area (Å²) in [5.74, 6) is 3.81. The van der Waals surface area contributed by atoms with Gasteiger partial charge >= 0.3 is 0 Å². The number of fused-ring (bicyclic) bond motifs is 1. The van der Waals surface area contributed by atoms with Crippen molar-refractivity contribution in [2.24, 2.45) is 10.9 Å². The molecule has 4 rings (SSSR count). The van der Waals surface area contributed by atoms with Crippen LogP contribution in [0.2, 0.25) is 0 Å². The van der Waals surface area contributed by atoms with Gasteiger partial charge in [0.25, 0.3) is 0 Å². The second-order valence-electron chi connectivity index (χ2n) is 8.58. The Bertz CT molecular complexity index is 834. The van der Waals surface area contributed by atoms with E-state index in [1.807, 2.05) is 6.07 Å². The molecule has 7 heteroatoms. The Hall–Kier alpha value is -2.41. The van der Waals surface area contributed by atoms with E-state index in [-0.39, 0.29) is 0 Å². The maximum Gasteiger partial charge on any atom is 0.193 e. The fourth-order valence-corrected chi connectivity index (χ4v) is 4.50. The average Bonchev–Trinajstić information content (AvgIpc) is 3.34. The van der Waals surface area contributed by atoms with E-state index in [9.17, 15) is 0 Å². The molecule has 0 saturated carbocycles. The maximum atomic E-state index is 5.98. The largest absolute Gasteiger partial charge is 0.376 e. The van der Waals surface area contributed by atoms with Crippen LogP contribution in [0.25, 0.3) is 0 Å². The Kier molecular flexibility index (Phi) is 7.93. The standard InChI is InChI=1S/C24H36N6O/c1-2-25-24(26-14-12-23-28-27-22-11-7-4-8-15-30(22)23)29-16-13-21(17-29)19-31-18-20-9-5-3-6-10-20/h3,5-6,9-10,21H,2,4,7-8,11-19H2,1H3,(H,25,26). The van der Waals surface area contributed by atoms with Gasteiger partial charge in [0.05, 0.1) is 13.2 Å². The monoisotopic (exact) mass is 424 g/mol. The highest BCUT2D eigenvalue weighted by Gasteiger charge is 2.25. The molecule has 1 unspecified atom stereocenters. The lowest BCUT2D eigenvalue weighted by atomic mass is 10.1. The predicted octanol–water partition coefficient (Wildman–Crippen LogP) is 3.05. The van der Waals surface area contributed by atoms with Gasteiger partial charge in [-0.05, 0) is 31.7 Å². The Morgan fingerprint density at radius 2 is 2.06 bits per heavy atom. The van der Waals surface area contributed by atoms with Gasteiger partial charge in [-0.15, -0.1) is 10.2 Å². The van der Waals surface area contributed by atoms with Crippen molar-refractivity contribution in [3.8, 4) is 0 Å². The number of likely N-dealkylation sites (tertiary alicyclic amines) is 1. The molecular weight excluding hydrogens is 388 g/mol. The first-order valence-corrected chi connectivity index (χ1v) is 11.9. The summed E-state index contributed by atoms with van der Waals surface area (Å²) in [7, 11) is 0. The van der Waals surface area contributed by atoms with Crippen molar-refractivity contribution in [1.29, 1.82) is 0 Å². The molecule has 2 aliphatic rings. The molecule has 0 amide bonds. The van der Waals surface area contributed by atoms with Gasteiger partial charge in [0.15, 0.2) is 5.96 Å². The van der Waals surface area contributed by atoms with Gasteiger partial charge in [-0.1, -0.05) is 36.8 Å². The van der Waals surface area contributed by atoms with E-state index in [1.165, 1.54) is 24.8 Å². The number of hydrogen-bond acceptors (Lipinski definition) is 4. The van der Waals surface area contributed by atoms with Crippen molar-refractivity contribution in [3.63, 3.8) is 0 Å². The summed E-state index contributed by atoms with van der Waals surface area (Å²) in [5, 5.41) is 12.3. The highest BCUT2D eigenvalue weighted by molar-refractivity contribution is 5.80. The molecule has 0 spiro atoms. The van der Waals surface area contributed by atoms with E-state index >= 15 is 0 Å². The van der Waals surface area contributed by atoms with E-state index in [2.05, 4.69) is 56.2 Å². The van der Waals surface area contributed by atoms with E-state index in [0.29, 0.717) is 12.5 Å². The zero-order valence-electron chi connectivity index (χ0n) is 18.8. The summed E-state index contributed by atoms with van der Waals surface area (Å²) in [6.45, 7) is 8.33. The van der Waals surface area contributed by atoms with Gasteiger partial charge in [0.1, 0.15) is 11.6 Å². The summed E-state index contributed by atoms with van der Waals surface area (Å²) in [6.07, 6.45) is 6.80. The van der Waals surface area contributed by atoms with Crippen molar-refractivity contribution in [2.75, 3.05) is 32.8 Å². The third-order valence-corrected chi connectivity index (χ3v) is 6.17. The number of aliphatic imine (C=N–C) groups is 1. The number of benzene rings is 1. The molecule has 1 atom stereocenters. The van der Waals surface area contributed by atoms with Gasteiger partial charge in [-0.2, -0.15) is 0 Å². The lowest BCUT2D eigenvalue weighted by Gasteiger charge is -2.21. The third kappa shape index (κ3) is 6.06. The first kappa shape index (κ1) is 21.8. The smallest absolute Gasteiger partial charge is 0.193 e. The van der Waals surface area contributed by atoms with Crippen molar-refractivity contribution in [1.82, 2.24) is 25.0 Å². The number of nitrogens with one attached hydrogen (secondary N) is 1. The Morgan fingerprint density at radius 1 is 1.16 bits per heavy atom. The first-order valence-electron chi connectivity index (χ1n) is 11.9. The van der Waals surface area contributed by atoms with Crippen LogP contribution < -0.4 is 5.32 Å². The molecule has 2 aromatic rings. The second-order valence-corrected chi connectivity index (χ2v) is 8.58. The molecule has 1 aromatic heterocycles. The van der Waals surface area contributed by atoms with Crippen LogP contribution in [0.1, 0.15) is 49.8 Å². The Labute approximate surface area is 185 Å². The average molecular weight is 425 g/mol. The van der Waals surface area contributed by atoms with Crippen molar-refractivity contribution >= 4 is 5.96 Å². The van der Waals surface area contributed by atoms with Crippen LogP contribution in [0, 0.1) is 5.92 Å². The van der Waals surface area contributed by atoms with E-state index in [1.54, 1.807) is 0 Å². The highest BCUT2D eigenvalue weighted by Crippen LogP contribution is 2.18. The normalized spacial score (nSPS) is 19.3. The fourth-order valence-electron chi connectivity index (χ4n) is 4.50. The van der Waals surface area contributed by atoms with Crippen LogP contribution in [0.4, 0.5) is 0 Å². The zero-order valence-corrected chi connectivity index (χ0v) is 18.8. The van der Waals surface area contributed by atoms with Crippen molar-refractivity contribution in [2.45, 2.75) is 58.6 Å². The number of aryl methyl sites for hydroxylation is 1. The van der Waals surface area contributed by atoms with Crippen LogP contribution in [-0.2, 0) is 30.7 Å². The first-order chi connectivity index (χ1) is 15.3. The molecule has 3 heterocycles. The van der Waals surface area contributed by atoms with E-state index in [0.717, 1.165) is 76.2 Å². The van der Waals surface area contributed by atoms with Gasteiger partial charge in [-0.25, -0.2) is 0 Å². The molecule has 1 N–H and O–H groups in total. The van der Waals surface area contributed by atoms with Gasteiger partial charge in [-0.3, -0.25) is 4.99 Å². The highest BCUT2D eigenvalue weighted by atomic mass is 16.5. The number of rotatable bonds is 8. The van der Waals surface area contributed by atoms with Gasteiger partial charge in [0, 0.05) is 51.5 Å². The summed E-state index contributed by atoms with van der Waals surface area (Å²) in [6, 6.07) is 10.4. The SMILES string of the molecule is CCNC(=NCCc1nnc2n1CCCCC2)N1CCC(COCc2ccccc2)C1. The third-order valence-electron chi connectivity index (χ3n) is 6.17. The maximum absolute atomic E-state index is 5.98. The molecule has 7 nitrogen and oxygen atoms in total. The molecule has 168 valence electrons. The number of hydrogen-bond donors (Lipinski definition) is 1. The van der Waals surface area contributed by atoms with Crippen LogP contribution in [0.5, 0.6) is 0 Å². The molecule has 1 aromatic carbocycles. The van der Waals surface area contributed by atoms with Crippen LogP contribution in [-0.4, -0.2) is 58.4 Å². The molecule has 31 heavy (non-hydrogen) atoms. The summed E-state index contributed by atoms with van der Waals surface area (Å²) < 4.78 is 8.30. The van der Waals surface area contributed by atoms with Crippen molar-refractivity contribution < 1.29 is 4.74 Å². The minimum Gasteiger partial charge on any atom is -0.376 e. The Balaban J connectivity index is 1.26. The second kappa shape index (κ2) is 11.3. The van der Waals surface area contributed by atoms with Gasteiger partial charge in [0.2, 0.25) is 0 Å². The number of aromatic nitrogens is 3. The van der Waals surface area contributed by atoms with Crippen LogP contribution in [0.15, 0.2) is 35.3 Å². The lowest BCUT2D eigenvalue weighted by Crippen LogP contribution is -2.40. The topological polar surface area (TPSA) is 67.6 Å². The quantitative estimate of drug-likeness (QED) is 0.521. The summed E-state index contributed by atoms with van der Waals surface area (Å²) >= 11 is 0. The fraction of sp³-hybridized carbons (Fsp3) is 0.625. The summed E-state index contributed by atoms with van der Waals surface area (Å²) in [4.78, 5) is 7.29. The number of ether oxygens (including phenoxy) is 1. The van der Waals surface area contributed by atoms with Crippen LogP contribution in [0.3, 0.4) is 0 Å². The molecule has 0 radical (unpaired) electrons. The number of nitrogens with zero attached hydrogens (tertiary/aromatic N) is 5. The minimum atomic E-state index is 0.555. The van der Waals surface area contributed by atoms with Crippen molar-refractivity contribution in [3.05, 3.63) is 47.5 Å².